The van der Waals surface area contributed by atoms with Gasteiger partial charge in [0.1, 0.15) is 12.4 Å². The molecule has 0 heterocycles. The van der Waals surface area contributed by atoms with E-state index < -0.39 is 23.4 Å². The Morgan fingerprint density at radius 2 is 1.89 bits per heavy atom. The van der Waals surface area contributed by atoms with Gasteiger partial charge in [-0.2, -0.15) is 0 Å². The van der Waals surface area contributed by atoms with E-state index in [9.17, 15) is 18.0 Å². The number of hydrogen-bond donors (Lipinski definition) is 1. The molecule has 0 saturated carbocycles. The number of rotatable bonds is 5. The van der Waals surface area contributed by atoms with Gasteiger partial charge in [-0.15, -0.1) is 0 Å². The second kappa shape index (κ2) is 6.63. The van der Waals surface area contributed by atoms with Crippen LogP contribution in [0.2, 0.25) is 0 Å². The number of carbonyl (C=O) groups excluding carboxylic acids is 1. The first-order valence-electron chi connectivity index (χ1n) is 5.31. The van der Waals surface area contributed by atoms with Crippen LogP contribution in [-0.2, 0) is 16.0 Å². The van der Waals surface area contributed by atoms with E-state index in [1.807, 2.05) is 0 Å². The highest BCUT2D eigenvalue weighted by Crippen LogP contribution is 2.15. The van der Waals surface area contributed by atoms with Crippen molar-refractivity contribution in [3.05, 3.63) is 59.6 Å². The Bertz CT molecular complexity index is 527. The fourth-order valence-corrected chi connectivity index (χ4v) is 1.30. The highest BCUT2D eigenvalue weighted by atomic mass is 19.2. The van der Waals surface area contributed by atoms with Gasteiger partial charge in [0.2, 0.25) is 0 Å². The van der Waals surface area contributed by atoms with Gasteiger partial charge in [-0.25, -0.2) is 18.0 Å². The smallest absolute Gasteiger partial charge is 0.332 e. The molecule has 1 rings (SSSR count). The molecule has 1 aromatic rings. The minimum atomic E-state index is -1.28. The van der Waals surface area contributed by atoms with Crippen LogP contribution in [0.3, 0.4) is 0 Å². The lowest BCUT2D eigenvalue weighted by Gasteiger charge is -2.05. The Morgan fingerprint density at radius 1 is 1.26 bits per heavy atom. The van der Waals surface area contributed by atoms with E-state index in [1.165, 1.54) is 6.08 Å². The van der Waals surface area contributed by atoms with Gasteiger partial charge in [0.25, 0.3) is 0 Å². The molecule has 0 bridgehead atoms. The monoisotopic (exact) mass is 271 g/mol. The first-order chi connectivity index (χ1) is 8.93. The molecule has 0 amide bonds. The van der Waals surface area contributed by atoms with E-state index in [0.29, 0.717) is 12.1 Å². The van der Waals surface area contributed by atoms with E-state index in [1.54, 1.807) is 0 Å². The van der Waals surface area contributed by atoms with E-state index in [0.717, 1.165) is 6.08 Å². The zero-order chi connectivity index (χ0) is 14.4. The van der Waals surface area contributed by atoms with Crippen LogP contribution in [0, 0.1) is 17.5 Å². The van der Waals surface area contributed by atoms with E-state index in [2.05, 4.69) is 11.3 Å². The summed E-state index contributed by atoms with van der Waals surface area (Å²) in [5.74, 6) is -4.12. The lowest BCUT2D eigenvalue weighted by atomic mass is 10.1. The van der Waals surface area contributed by atoms with Crippen LogP contribution in [0.5, 0.6) is 0 Å². The molecule has 0 fully saturated rings. The van der Waals surface area contributed by atoms with Crippen molar-refractivity contribution in [1.29, 1.82) is 0 Å². The number of carbonyl (C=O) groups is 1. The Morgan fingerprint density at radius 3 is 2.53 bits per heavy atom. The second-order valence-corrected chi connectivity index (χ2v) is 3.67. The third-order valence-electron chi connectivity index (χ3n) is 2.13. The number of nitrogens with two attached hydrogens (primary N) is 1. The summed E-state index contributed by atoms with van der Waals surface area (Å²) in [5, 5.41) is 0. The van der Waals surface area contributed by atoms with Gasteiger partial charge in [-0.05, 0) is 11.6 Å². The molecule has 0 unspecified atom stereocenters. The van der Waals surface area contributed by atoms with E-state index in [-0.39, 0.29) is 24.3 Å². The Hall–Kier alpha value is -2.24. The molecule has 1 aromatic carbocycles. The van der Waals surface area contributed by atoms with Crippen LogP contribution in [0.4, 0.5) is 13.2 Å². The first kappa shape index (κ1) is 14.8. The van der Waals surface area contributed by atoms with Gasteiger partial charge in [0.15, 0.2) is 11.6 Å². The van der Waals surface area contributed by atoms with Crippen molar-refractivity contribution in [2.75, 3.05) is 6.61 Å². The lowest BCUT2D eigenvalue weighted by Crippen LogP contribution is -2.09. The fourth-order valence-electron chi connectivity index (χ4n) is 1.30. The van der Waals surface area contributed by atoms with E-state index >= 15 is 0 Å². The van der Waals surface area contributed by atoms with Crippen LogP contribution < -0.4 is 5.73 Å². The third kappa shape index (κ3) is 4.50. The van der Waals surface area contributed by atoms with Crippen molar-refractivity contribution in [2.45, 2.75) is 6.42 Å². The van der Waals surface area contributed by atoms with Crippen LogP contribution in [0.25, 0.3) is 0 Å². The largest absolute Gasteiger partial charge is 0.458 e. The molecule has 102 valence electrons. The van der Waals surface area contributed by atoms with Gasteiger partial charge < -0.3 is 10.5 Å². The maximum Gasteiger partial charge on any atom is 0.332 e. The van der Waals surface area contributed by atoms with Crippen LogP contribution in [0.1, 0.15) is 5.56 Å². The predicted octanol–water partition coefficient (Wildman–Crippen LogP) is 2.22. The molecule has 6 heteroatoms. The quantitative estimate of drug-likeness (QED) is 0.386. The highest BCUT2D eigenvalue weighted by Gasteiger charge is 2.11. The number of benzene rings is 1. The zero-order valence-electron chi connectivity index (χ0n) is 9.96. The van der Waals surface area contributed by atoms with Crippen molar-refractivity contribution in [3.63, 3.8) is 0 Å². The highest BCUT2D eigenvalue weighted by molar-refractivity contribution is 5.82. The Balaban J connectivity index is 2.79. The van der Waals surface area contributed by atoms with Gasteiger partial charge in [-0.1, -0.05) is 12.7 Å². The Labute approximate surface area is 108 Å². The lowest BCUT2D eigenvalue weighted by molar-refractivity contribution is -0.136. The summed E-state index contributed by atoms with van der Waals surface area (Å²) < 4.78 is 43.6. The SMILES string of the molecule is C=CCOC(=O)C=C(N)Cc1cc(F)c(F)cc1F. The molecule has 0 radical (unpaired) electrons. The number of ether oxygens (including phenoxy) is 1. The minimum Gasteiger partial charge on any atom is -0.458 e. The maximum absolute atomic E-state index is 13.3. The summed E-state index contributed by atoms with van der Waals surface area (Å²) in [5.41, 5.74) is 5.31. The zero-order valence-corrected chi connectivity index (χ0v) is 9.96. The topological polar surface area (TPSA) is 52.3 Å². The third-order valence-corrected chi connectivity index (χ3v) is 2.13. The van der Waals surface area contributed by atoms with Gasteiger partial charge in [-0.3, -0.25) is 0 Å². The normalized spacial score (nSPS) is 11.2. The molecular formula is C13H12F3NO2. The van der Waals surface area contributed by atoms with Gasteiger partial charge in [0.05, 0.1) is 0 Å². The minimum absolute atomic E-state index is 0.0160. The molecule has 0 spiro atoms. The van der Waals surface area contributed by atoms with Crippen molar-refractivity contribution < 1.29 is 22.7 Å². The van der Waals surface area contributed by atoms with Crippen molar-refractivity contribution >= 4 is 5.97 Å². The summed E-state index contributed by atoms with van der Waals surface area (Å²) >= 11 is 0. The molecule has 0 aliphatic heterocycles. The summed E-state index contributed by atoms with van der Waals surface area (Å²) in [6.07, 6.45) is 2.09. The predicted molar refractivity (Wildman–Crippen MR) is 63.4 cm³/mol. The second-order valence-electron chi connectivity index (χ2n) is 3.67. The maximum atomic E-state index is 13.3. The molecule has 0 aromatic heterocycles. The summed E-state index contributed by atoms with van der Waals surface area (Å²) in [4.78, 5) is 11.2. The average Bonchev–Trinajstić information content (AvgIpc) is 2.33. The standard InChI is InChI=1S/C13H12F3NO2/c1-2-3-19-13(18)6-9(17)4-8-5-11(15)12(16)7-10(8)14/h2,5-7H,1,3-4,17H2. The molecule has 0 aliphatic rings. The molecule has 0 aliphatic carbocycles. The van der Waals surface area contributed by atoms with Crippen LogP contribution in [-0.4, -0.2) is 12.6 Å². The number of allylic oxidation sites excluding steroid dienone is 1. The number of esters is 1. The Kier molecular flexibility index (Phi) is 5.17. The molecule has 19 heavy (non-hydrogen) atoms. The number of hydrogen-bond acceptors (Lipinski definition) is 3. The van der Waals surface area contributed by atoms with Crippen molar-refractivity contribution in [2.24, 2.45) is 5.73 Å². The average molecular weight is 271 g/mol. The van der Waals surface area contributed by atoms with Crippen molar-refractivity contribution in [1.82, 2.24) is 0 Å². The van der Waals surface area contributed by atoms with E-state index in [4.69, 9.17) is 5.73 Å². The summed E-state index contributed by atoms with van der Waals surface area (Å²) in [6, 6.07) is 1.12. The van der Waals surface area contributed by atoms with Crippen molar-refractivity contribution in [3.8, 4) is 0 Å². The van der Waals surface area contributed by atoms with Gasteiger partial charge in [0, 0.05) is 24.3 Å². The van der Waals surface area contributed by atoms with Gasteiger partial charge >= 0.3 is 5.97 Å². The van der Waals surface area contributed by atoms with Crippen LogP contribution >= 0.6 is 0 Å². The molecule has 0 atom stereocenters. The fraction of sp³-hybridized carbons (Fsp3) is 0.154. The molecule has 0 saturated heterocycles. The first-order valence-corrected chi connectivity index (χ1v) is 5.31. The molecular weight excluding hydrogens is 259 g/mol. The summed E-state index contributed by atoms with van der Waals surface area (Å²) in [6.45, 7) is 3.37. The molecule has 2 N–H and O–H groups in total. The molecule has 3 nitrogen and oxygen atoms in total. The van der Waals surface area contributed by atoms with Crippen LogP contribution in [0.15, 0.2) is 36.6 Å². The summed E-state index contributed by atoms with van der Waals surface area (Å²) in [7, 11) is 0. The number of halogens is 3.